The van der Waals surface area contributed by atoms with Gasteiger partial charge in [0.2, 0.25) is 0 Å². The van der Waals surface area contributed by atoms with Gasteiger partial charge < -0.3 is 13.3 Å². The second-order valence-corrected chi connectivity index (χ2v) is 7.17. The van der Waals surface area contributed by atoms with E-state index in [9.17, 15) is 0 Å². The molecular weight excluding hydrogens is 347 g/mol. The molecule has 0 aliphatic heterocycles. The van der Waals surface area contributed by atoms with Crippen molar-refractivity contribution in [3.63, 3.8) is 0 Å². The Hall–Kier alpha value is 0.0469. The monoisotopic (exact) mass is 366 g/mol. The van der Waals surface area contributed by atoms with E-state index in [1.807, 2.05) is 39.0 Å². The van der Waals surface area contributed by atoms with Crippen LogP contribution in [0.4, 0.5) is 0 Å². The number of rotatable bonds is 7. The second kappa shape index (κ2) is 7.47. The summed E-state index contributed by atoms with van der Waals surface area (Å²) in [5.74, 6) is 0. The average Bonchev–Trinajstić information content (AvgIpc) is 2.30. The quantitative estimate of drug-likeness (QED) is 0.548. The van der Waals surface area contributed by atoms with E-state index in [2.05, 4.69) is 28.7 Å². The van der Waals surface area contributed by atoms with Gasteiger partial charge in [-0.1, -0.05) is 12.1 Å². The normalized spacial score (nSPS) is 11.8. The Balaban J connectivity index is 3.09. The molecular formula is C12H19IO3Si. The zero-order chi connectivity index (χ0) is 12.7. The van der Waals surface area contributed by atoms with Crippen molar-refractivity contribution in [2.75, 3.05) is 19.8 Å². The largest absolute Gasteiger partial charge is 0.537 e. The van der Waals surface area contributed by atoms with Gasteiger partial charge in [0, 0.05) is 28.6 Å². The molecule has 0 amide bonds. The van der Waals surface area contributed by atoms with E-state index < -0.39 is 8.80 Å². The van der Waals surface area contributed by atoms with Crippen LogP contribution in [0.25, 0.3) is 0 Å². The van der Waals surface area contributed by atoms with Gasteiger partial charge in [0.1, 0.15) is 0 Å². The van der Waals surface area contributed by atoms with Crippen molar-refractivity contribution >= 4 is 36.6 Å². The Bertz CT molecular complexity index is 329. The lowest BCUT2D eigenvalue weighted by Crippen LogP contribution is -2.57. The molecule has 0 spiro atoms. The summed E-state index contributed by atoms with van der Waals surface area (Å²) in [5.41, 5.74) is 0. The fourth-order valence-electron chi connectivity index (χ4n) is 1.62. The van der Waals surface area contributed by atoms with Crippen molar-refractivity contribution in [1.82, 2.24) is 0 Å². The van der Waals surface area contributed by atoms with Gasteiger partial charge >= 0.3 is 8.80 Å². The minimum Gasteiger partial charge on any atom is -0.370 e. The van der Waals surface area contributed by atoms with Gasteiger partial charge in [-0.3, -0.25) is 0 Å². The molecule has 0 heterocycles. The molecule has 0 aromatic heterocycles. The van der Waals surface area contributed by atoms with Crippen LogP contribution in [0.15, 0.2) is 24.3 Å². The van der Waals surface area contributed by atoms with Gasteiger partial charge in [-0.05, 0) is 55.5 Å². The van der Waals surface area contributed by atoms with Crippen LogP contribution in [0.2, 0.25) is 0 Å². The molecule has 0 aliphatic rings. The topological polar surface area (TPSA) is 27.7 Å². The van der Waals surface area contributed by atoms with E-state index in [1.165, 1.54) is 0 Å². The van der Waals surface area contributed by atoms with Gasteiger partial charge in [0.25, 0.3) is 0 Å². The number of benzene rings is 1. The van der Waals surface area contributed by atoms with Crippen molar-refractivity contribution < 1.29 is 13.3 Å². The summed E-state index contributed by atoms with van der Waals surface area (Å²) >= 11 is 2.29. The highest BCUT2D eigenvalue weighted by Gasteiger charge is 2.43. The maximum atomic E-state index is 5.84. The molecule has 0 saturated heterocycles. The molecule has 0 fully saturated rings. The molecule has 1 aromatic carbocycles. The molecule has 0 N–H and O–H groups in total. The van der Waals surface area contributed by atoms with Crippen LogP contribution < -0.4 is 5.19 Å². The molecule has 17 heavy (non-hydrogen) atoms. The summed E-state index contributed by atoms with van der Waals surface area (Å²) in [6, 6.07) is 8.16. The lowest BCUT2D eigenvalue weighted by atomic mass is 10.4. The molecule has 3 nitrogen and oxygen atoms in total. The van der Waals surface area contributed by atoms with Crippen LogP contribution in [0, 0.1) is 3.57 Å². The van der Waals surface area contributed by atoms with Crippen LogP contribution >= 0.6 is 22.6 Å². The van der Waals surface area contributed by atoms with Crippen molar-refractivity contribution in [1.29, 1.82) is 0 Å². The standard InChI is InChI=1S/C12H19IO3Si/c1-4-14-17(15-5-2,16-6-3)12-9-7-8-11(13)10-12/h7-10H,4-6H2,1-3H3. The molecule has 5 heteroatoms. The predicted octanol–water partition coefficient (Wildman–Crippen LogP) is 2.55. The van der Waals surface area contributed by atoms with E-state index >= 15 is 0 Å². The summed E-state index contributed by atoms with van der Waals surface area (Å²) in [6.45, 7) is 7.68. The smallest absolute Gasteiger partial charge is 0.370 e. The third-order valence-corrected chi connectivity index (χ3v) is 5.88. The third kappa shape index (κ3) is 4.03. The second-order valence-electron chi connectivity index (χ2n) is 3.37. The third-order valence-electron chi connectivity index (χ3n) is 2.18. The van der Waals surface area contributed by atoms with Crippen LogP contribution in [0.5, 0.6) is 0 Å². The summed E-state index contributed by atoms with van der Waals surface area (Å²) in [5, 5.41) is 1.04. The Kier molecular flexibility index (Phi) is 6.64. The molecule has 1 rings (SSSR count). The molecule has 0 saturated carbocycles. The van der Waals surface area contributed by atoms with Gasteiger partial charge in [0.05, 0.1) is 0 Å². The first-order valence-electron chi connectivity index (χ1n) is 5.86. The van der Waals surface area contributed by atoms with Gasteiger partial charge in [-0.2, -0.15) is 0 Å². The van der Waals surface area contributed by atoms with E-state index in [0.717, 1.165) is 8.76 Å². The first-order chi connectivity index (χ1) is 8.18. The molecule has 0 bridgehead atoms. The minimum atomic E-state index is -2.71. The highest BCUT2D eigenvalue weighted by atomic mass is 127. The number of halogens is 1. The van der Waals surface area contributed by atoms with E-state index in [4.69, 9.17) is 13.3 Å². The van der Waals surface area contributed by atoms with Gasteiger partial charge in [-0.15, -0.1) is 0 Å². The van der Waals surface area contributed by atoms with Crippen molar-refractivity contribution in [3.8, 4) is 0 Å². The maximum Gasteiger partial charge on any atom is 0.537 e. The van der Waals surface area contributed by atoms with E-state index in [1.54, 1.807) is 0 Å². The summed E-state index contributed by atoms with van der Waals surface area (Å²) < 4.78 is 18.7. The SMILES string of the molecule is CCO[Si](OCC)(OCC)c1cccc(I)c1. The van der Waals surface area contributed by atoms with Crippen LogP contribution in [-0.2, 0) is 13.3 Å². The Labute approximate surface area is 118 Å². The minimum absolute atomic E-state index is 0.595. The highest BCUT2D eigenvalue weighted by molar-refractivity contribution is 14.1. The Morgan fingerprint density at radius 1 is 1.00 bits per heavy atom. The molecule has 0 atom stereocenters. The zero-order valence-electron chi connectivity index (χ0n) is 10.5. The Morgan fingerprint density at radius 3 is 1.94 bits per heavy atom. The van der Waals surface area contributed by atoms with E-state index in [0.29, 0.717) is 19.8 Å². The summed E-state index contributed by atoms with van der Waals surface area (Å²) in [6.07, 6.45) is 0. The highest BCUT2D eigenvalue weighted by Crippen LogP contribution is 2.12. The fraction of sp³-hybridized carbons (Fsp3) is 0.500. The summed E-state index contributed by atoms with van der Waals surface area (Å²) in [7, 11) is -2.71. The fourth-order valence-corrected chi connectivity index (χ4v) is 4.98. The van der Waals surface area contributed by atoms with Crippen molar-refractivity contribution in [3.05, 3.63) is 27.8 Å². The lowest BCUT2D eigenvalue weighted by Gasteiger charge is -2.28. The predicted molar refractivity (Wildman–Crippen MR) is 79.4 cm³/mol. The molecule has 0 radical (unpaired) electrons. The average molecular weight is 366 g/mol. The van der Waals surface area contributed by atoms with Crippen LogP contribution in [0.1, 0.15) is 20.8 Å². The summed E-state index contributed by atoms with van der Waals surface area (Å²) in [4.78, 5) is 0. The first kappa shape index (κ1) is 15.1. The van der Waals surface area contributed by atoms with E-state index in [-0.39, 0.29) is 0 Å². The van der Waals surface area contributed by atoms with Crippen molar-refractivity contribution in [2.24, 2.45) is 0 Å². The Morgan fingerprint density at radius 2 is 1.53 bits per heavy atom. The molecule has 0 unspecified atom stereocenters. The number of hydrogen-bond donors (Lipinski definition) is 0. The van der Waals surface area contributed by atoms with Gasteiger partial charge in [0.15, 0.2) is 0 Å². The molecule has 96 valence electrons. The zero-order valence-corrected chi connectivity index (χ0v) is 13.7. The molecule has 1 aromatic rings. The van der Waals surface area contributed by atoms with Crippen LogP contribution in [0.3, 0.4) is 0 Å². The van der Waals surface area contributed by atoms with Crippen LogP contribution in [-0.4, -0.2) is 28.6 Å². The van der Waals surface area contributed by atoms with Crippen molar-refractivity contribution in [2.45, 2.75) is 20.8 Å². The maximum absolute atomic E-state index is 5.84. The van der Waals surface area contributed by atoms with Gasteiger partial charge in [-0.25, -0.2) is 0 Å². The molecule has 0 aliphatic carbocycles. The first-order valence-corrected chi connectivity index (χ1v) is 8.66. The number of hydrogen-bond acceptors (Lipinski definition) is 3. The lowest BCUT2D eigenvalue weighted by molar-refractivity contribution is 0.0859.